The van der Waals surface area contributed by atoms with Crippen LogP contribution in [0.3, 0.4) is 0 Å². The van der Waals surface area contributed by atoms with Crippen LogP contribution in [0.2, 0.25) is 0 Å². The Morgan fingerprint density at radius 3 is 2.34 bits per heavy atom. The van der Waals surface area contributed by atoms with Crippen LogP contribution in [0.5, 0.6) is 0 Å². The molecule has 35 heavy (non-hydrogen) atoms. The molecule has 178 valence electrons. The highest BCUT2D eigenvalue weighted by atomic mass is 16.2. The fraction of sp³-hybridized carbons (Fsp3) is 0.286. The lowest BCUT2D eigenvalue weighted by Crippen LogP contribution is -2.49. The zero-order valence-corrected chi connectivity index (χ0v) is 20.1. The lowest BCUT2D eigenvalue weighted by Gasteiger charge is -2.24. The minimum absolute atomic E-state index is 0.0313. The highest BCUT2D eigenvalue weighted by molar-refractivity contribution is 6.08. The first kappa shape index (κ1) is 22.8. The number of carbonyl (C=O) groups excluding carboxylic acids is 2. The second-order valence-corrected chi connectivity index (χ2v) is 9.08. The van der Waals surface area contributed by atoms with Gasteiger partial charge in [-0.05, 0) is 31.4 Å². The van der Waals surface area contributed by atoms with Gasteiger partial charge in [0.05, 0.1) is 22.3 Å². The maximum atomic E-state index is 13.8. The first-order valence-corrected chi connectivity index (χ1v) is 12.0. The average Bonchev–Trinajstić information content (AvgIpc) is 3.52. The van der Waals surface area contributed by atoms with Crippen molar-refractivity contribution in [1.29, 1.82) is 0 Å². The molecule has 0 radical (unpaired) electrons. The fourth-order valence-corrected chi connectivity index (χ4v) is 4.82. The number of fused-ring (bicyclic) bond motifs is 1. The zero-order valence-electron chi connectivity index (χ0n) is 20.1. The molecule has 7 nitrogen and oxygen atoms in total. The second-order valence-electron chi connectivity index (χ2n) is 9.08. The molecule has 1 atom stereocenters. The van der Waals surface area contributed by atoms with E-state index < -0.39 is 6.04 Å². The Morgan fingerprint density at radius 1 is 1.00 bits per heavy atom. The molecule has 0 spiro atoms. The molecule has 1 saturated heterocycles. The largest absolute Gasteiger partial charge is 0.341 e. The third-order valence-corrected chi connectivity index (χ3v) is 6.59. The van der Waals surface area contributed by atoms with Crippen molar-refractivity contribution in [2.24, 2.45) is 7.05 Å². The van der Waals surface area contributed by atoms with Crippen molar-refractivity contribution in [1.82, 2.24) is 25.0 Å². The van der Waals surface area contributed by atoms with Gasteiger partial charge in [0, 0.05) is 32.1 Å². The number of rotatable bonds is 6. The van der Waals surface area contributed by atoms with Crippen LogP contribution in [0.15, 0.2) is 66.7 Å². The second kappa shape index (κ2) is 9.70. The number of hydrogen-bond donors (Lipinski definition) is 1. The highest BCUT2D eigenvalue weighted by Gasteiger charge is 2.29. The van der Waals surface area contributed by atoms with Gasteiger partial charge in [0.1, 0.15) is 6.04 Å². The van der Waals surface area contributed by atoms with Crippen LogP contribution in [-0.4, -0.2) is 50.6 Å². The number of pyridine rings is 1. The summed E-state index contributed by atoms with van der Waals surface area (Å²) in [4.78, 5) is 33.9. The number of aromatic nitrogens is 3. The van der Waals surface area contributed by atoms with Gasteiger partial charge in [0.2, 0.25) is 5.91 Å². The molecule has 1 fully saturated rings. The molecule has 7 heteroatoms. The van der Waals surface area contributed by atoms with E-state index in [2.05, 4.69) is 10.4 Å². The molecule has 5 rings (SSSR count). The van der Waals surface area contributed by atoms with E-state index in [-0.39, 0.29) is 11.8 Å². The van der Waals surface area contributed by atoms with Gasteiger partial charge in [0.15, 0.2) is 5.65 Å². The standard InChI is InChI=1S/C28H29N5O2/c1-19-25-22(18-23(21-13-7-4-8-14-21)29-26(25)32(2)31-19)27(34)30-24(17-20-11-5-3-6-12-20)28(35)33-15-9-10-16-33/h3-8,11-14,18,24H,9-10,15-17H2,1-2H3,(H,30,34). The Balaban J connectivity index is 1.53. The lowest BCUT2D eigenvalue weighted by atomic mass is 10.0. The Bertz CT molecular complexity index is 1360. The van der Waals surface area contributed by atoms with Gasteiger partial charge in [-0.3, -0.25) is 14.3 Å². The summed E-state index contributed by atoms with van der Waals surface area (Å²) in [6.45, 7) is 3.35. The number of nitrogens with zero attached hydrogens (tertiary/aromatic N) is 4. The van der Waals surface area contributed by atoms with Gasteiger partial charge < -0.3 is 10.2 Å². The summed E-state index contributed by atoms with van der Waals surface area (Å²) in [6, 6.07) is 20.7. The van der Waals surface area contributed by atoms with E-state index >= 15 is 0 Å². The third-order valence-electron chi connectivity index (χ3n) is 6.59. The summed E-state index contributed by atoms with van der Waals surface area (Å²) in [5.41, 5.74) is 4.46. The topological polar surface area (TPSA) is 80.1 Å². The summed E-state index contributed by atoms with van der Waals surface area (Å²) in [5, 5.41) is 8.29. The minimum atomic E-state index is -0.650. The van der Waals surface area contributed by atoms with Crippen molar-refractivity contribution in [3.63, 3.8) is 0 Å². The predicted molar refractivity (Wildman–Crippen MR) is 136 cm³/mol. The smallest absolute Gasteiger partial charge is 0.252 e. The van der Waals surface area contributed by atoms with E-state index in [1.807, 2.05) is 85.6 Å². The molecular weight excluding hydrogens is 438 g/mol. The molecule has 2 aromatic carbocycles. The van der Waals surface area contributed by atoms with Crippen molar-refractivity contribution in [3.8, 4) is 11.3 Å². The average molecular weight is 468 g/mol. The molecule has 3 heterocycles. The fourth-order valence-electron chi connectivity index (χ4n) is 4.82. The normalized spacial score (nSPS) is 14.3. The van der Waals surface area contributed by atoms with Gasteiger partial charge in [-0.2, -0.15) is 5.10 Å². The van der Waals surface area contributed by atoms with Crippen molar-refractivity contribution in [2.45, 2.75) is 32.2 Å². The van der Waals surface area contributed by atoms with Crippen LogP contribution in [0, 0.1) is 6.92 Å². The van der Waals surface area contributed by atoms with Crippen LogP contribution < -0.4 is 5.32 Å². The summed E-state index contributed by atoms with van der Waals surface area (Å²) in [5.74, 6) is -0.324. The molecule has 1 aliphatic heterocycles. The van der Waals surface area contributed by atoms with E-state index in [1.54, 1.807) is 4.68 Å². The molecule has 2 aromatic heterocycles. The van der Waals surface area contributed by atoms with Crippen LogP contribution in [0.25, 0.3) is 22.3 Å². The van der Waals surface area contributed by atoms with Crippen molar-refractivity contribution >= 4 is 22.8 Å². The Labute approximate surface area is 204 Å². The van der Waals surface area contributed by atoms with Gasteiger partial charge in [-0.1, -0.05) is 60.7 Å². The number of aryl methyl sites for hydroxylation is 2. The summed E-state index contributed by atoms with van der Waals surface area (Å²) in [6.07, 6.45) is 2.43. The van der Waals surface area contributed by atoms with E-state index in [0.717, 1.165) is 42.8 Å². The lowest BCUT2D eigenvalue weighted by molar-refractivity contribution is -0.132. The number of benzene rings is 2. The van der Waals surface area contributed by atoms with E-state index in [1.165, 1.54) is 0 Å². The van der Waals surface area contributed by atoms with Gasteiger partial charge in [-0.25, -0.2) is 4.98 Å². The molecule has 1 unspecified atom stereocenters. The Hall–Kier alpha value is -4.00. The number of hydrogen-bond acceptors (Lipinski definition) is 4. The van der Waals surface area contributed by atoms with Gasteiger partial charge >= 0.3 is 0 Å². The van der Waals surface area contributed by atoms with Crippen LogP contribution in [0.4, 0.5) is 0 Å². The van der Waals surface area contributed by atoms with Crippen LogP contribution in [0.1, 0.15) is 34.5 Å². The third kappa shape index (κ3) is 4.67. The molecule has 0 saturated carbocycles. The van der Waals surface area contributed by atoms with E-state index in [9.17, 15) is 9.59 Å². The summed E-state index contributed by atoms with van der Waals surface area (Å²) >= 11 is 0. The van der Waals surface area contributed by atoms with E-state index in [4.69, 9.17) is 4.98 Å². The Kier molecular flexibility index (Phi) is 6.31. The maximum Gasteiger partial charge on any atom is 0.252 e. The molecular formula is C28H29N5O2. The number of carbonyl (C=O) groups is 2. The predicted octanol–water partition coefficient (Wildman–Crippen LogP) is 3.91. The van der Waals surface area contributed by atoms with Gasteiger partial charge in [-0.15, -0.1) is 0 Å². The zero-order chi connectivity index (χ0) is 24.4. The van der Waals surface area contributed by atoms with Crippen molar-refractivity contribution in [3.05, 3.63) is 83.6 Å². The Morgan fingerprint density at radius 2 is 1.66 bits per heavy atom. The molecule has 4 aromatic rings. The summed E-state index contributed by atoms with van der Waals surface area (Å²) in [7, 11) is 1.83. The van der Waals surface area contributed by atoms with Gasteiger partial charge in [0.25, 0.3) is 5.91 Å². The monoisotopic (exact) mass is 467 g/mol. The van der Waals surface area contributed by atoms with E-state index in [0.29, 0.717) is 28.7 Å². The quantitative estimate of drug-likeness (QED) is 0.466. The maximum absolute atomic E-state index is 13.8. The molecule has 0 bridgehead atoms. The molecule has 2 amide bonds. The van der Waals surface area contributed by atoms with Crippen LogP contribution >= 0.6 is 0 Å². The molecule has 0 aliphatic carbocycles. The number of nitrogens with one attached hydrogen (secondary N) is 1. The minimum Gasteiger partial charge on any atom is -0.341 e. The molecule has 1 N–H and O–H groups in total. The number of amides is 2. The summed E-state index contributed by atoms with van der Waals surface area (Å²) < 4.78 is 1.70. The van der Waals surface area contributed by atoms with Crippen molar-refractivity contribution in [2.75, 3.05) is 13.1 Å². The SMILES string of the molecule is Cc1nn(C)c2nc(-c3ccccc3)cc(C(=O)NC(Cc3ccccc3)C(=O)N3CCCC3)c12. The van der Waals surface area contributed by atoms with Crippen molar-refractivity contribution < 1.29 is 9.59 Å². The first-order valence-electron chi connectivity index (χ1n) is 12.0. The highest BCUT2D eigenvalue weighted by Crippen LogP contribution is 2.27. The first-order chi connectivity index (χ1) is 17.0. The number of likely N-dealkylation sites (tertiary alicyclic amines) is 1. The molecule has 1 aliphatic rings. The van der Waals surface area contributed by atoms with Crippen LogP contribution in [-0.2, 0) is 18.3 Å².